The number of anilines is 1. The number of aliphatic imine (C=N–C) groups is 2. The molecule has 1 aliphatic carbocycles. The summed E-state index contributed by atoms with van der Waals surface area (Å²) in [6.45, 7) is 4.78. The van der Waals surface area contributed by atoms with E-state index in [0.717, 1.165) is 28.8 Å². The van der Waals surface area contributed by atoms with Gasteiger partial charge in [-0.25, -0.2) is 4.99 Å². The van der Waals surface area contributed by atoms with Crippen molar-refractivity contribution >= 4 is 28.6 Å². The van der Waals surface area contributed by atoms with E-state index in [1.165, 1.54) is 12.8 Å². The van der Waals surface area contributed by atoms with Crippen molar-refractivity contribution in [1.29, 1.82) is 0 Å². The zero-order valence-corrected chi connectivity index (χ0v) is 14.9. The van der Waals surface area contributed by atoms with Gasteiger partial charge in [-0.15, -0.1) is 0 Å². The molecule has 25 heavy (non-hydrogen) atoms. The van der Waals surface area contributed by atoms with E-state index in [2.05, 4.69) is 9.98 Å². The van der Waals surface area contributed by atoms with Gasteiger partial charge in [0.2, 0.25) is 5.96 Å². The molecule has 2 aromatic carbocycles. The fraction of sp³-hybridized carbons (Fsp3) is 0.300. The number of fused-ring (bicyclic) bond motifs is 1. The number of allylic oxidation sites excluding steroid dienone is 1. The first-order valence-electron chi connectivity index (χ1n) is 8.67. The summed E-state index contributed by atoms with van der Waals surface area (Å²) in [5.41, 5.74) is 12.4. The summed E-state index contributed by atoms with van der Waals surface area (Å²) in [6, 6.07) is 11.5. The second-order valence-corrected chi connectivity index (χ2v) is 5.57. The number of nitrogen functional groups attached to an aromatic ring is 1. The Labute approximate surface area is 149 Å². The van der Waals surface area contributed by atoms with Crippen LogP contribution in [0.5, 0.6) is 5.75 Å². The second kappa shape index (κ2) is 9.47. The summed E-state index contributed by atoms with van der Waals surface area (Å²) in [5.74, 6) is 1.76. The molecular weight excluding hydrogens is 312 g/mol. The van der Waals surface area contributed by atoms with Crippen molar-refractivity contribution < 1.29 is 4.74 Å². The standard InChI is InChI=1S/C18H20N4O.C2H6/c19-16-8-9-17(15-5-2-1-4-14(15)16)23-11-3-10-21-18(20)22-12-13-6-7-13;1-2/h1-5,8-11,13H,6-7,12,19H2,(H2,20,22);1-2H3/b11-3+,21-10-;. The van der Waals surface area contributed by atoms with Crippen LogP contribution in [0.1, 0.15) is 26.7 Å². The van der Waals surface area contributed by atoms with Crippen LogP contribution in [-0.2, 0) is 0 Å². The van der Waals surface area contributed by atoms with Crippen LogP contribution in [0.2, 0.25) is 0 Å². The maximum Gasteiger partial charge on any atom is 0.215 e. The molecular formula is C20H26N4O. The third kappa shape index (κ3) is 5.64. The average Bonchev–Trinajstić information content (AvgIpc) is 3.48. The summed E-state index contributed by atoms with van der Waals surface area (Å²) in [4.78, 5) is 8.25. The topological polar surface area (TPSA) is 86.0 Å². The van der Waals surface area contributed by atoms with Crippen LogP contribution >= 0.6 is 0 Å². The Morgan fingerprint density at radius 1 is 1.16 bits per heavy atom. The highest BCUT2D eigenvalue weighted by molar-refractivity contribution is 5.97. The molecule has 0 heterocycles. The molecule has 0 unspecified atom stereocenters. The van der Waals surface area contributed by atoms with Crippen molar-refractivity contribution in [3.05, 3.63) is 48.7 Å². The van der Waals surface area contributed by atoms with Gasteiger partial charge in [0.1, 0.15) is 5.75 Å². The molecule has 1 fully saturated rings. The van der Waals surface area contributed by atoms with Crippen molar-refractivity contribution in [2.45, 2.75) is 26.7 Å². The molecule has 0 aliphatic heterocycles. The lowest BCUT2D eigenvalue weighted by molar-refractivity contribution is 0.488. The van der Waals surface area contributed by atoms with Crippen LogP contribution in [0, 0.1) is 5.92 Å². The van der Waals surface area contributed by atoms with E-state index < -0.39 is 0 Å². The molecule has 5 heteroatoms. The molecule has 0 saturated heterocycles. The molecule has 4 N–H and O–H groups in total. The first-order valence-corrected chi connectivity index (χ1v) is 8.67. The van der Waals surface area contributed by atoms with Crippen LogP contribution in [-0.4, -0.2) is 18.7 Å². The van der Waals surface area contributed by atoms with E-state index in [1.807, 2.05) is 50.2 Å². The Hall–Kier alpha value is -2.82. The highest BCUT2D eigenvalue weighted by atomic mass is 16.5. The lowest BCUT2D eigenvalue weighted by Crippen LogP contribution is -2.09. The molecule has 0 atom stereocenters. The summed E-state index contributed by atoms with van der Waals surface area (Å²) in [5, 5.41) is 1.95. The number of hydrogen-bond acceptors (Lipinski definition) is 3. The number of rotatable bonds is 5. The van der Waals surface area contributed by atoms with E-state index in [-0.39, 0.29) is 0 Å². The van der Waals surface area contributed by atoms with Gasteiger partial charge in [0, 0.05) is 29.2 Å². The molecule has 0 spiro atoms. The normalized spacial score (nSPS) is 14.7. The predicted molar refractivity (Wildman–Crippen MR) is 107 cm³/mol. The molecule has 0 radical (unpaired) electrons. The zero-order chi connectivity index (χ0) is 18.1. The smallest absolute Gasteiger partial charge is 0.215 e. The fourth-order valence-corrected chi connectivity index (χ4v) is 2.23. The van der Waals surface area contributed by atoms with Crippen molar-refractivity contribution in [1.82, 2.24) is 0 Å². The minimum absolute atomic E-state index is 0.305. The van der Waals surface area contributed by atoms with Gasteiger partial charge < -0.3 is 16.2 Å². The lowest BCUT2D eigenvalue weighted by atomic mass is 10.1. The Kier molecular flexibility index (Phi) is 7.01. The monoisotopic (exact) mass is 338 g/mol. The minimum Gasteiger partial charge on any atom is -0.464 e. The predicted octanol–water partition coefficient (Wildman–Crippen LogP) is 4.14. The molecule has 2 aromatic rings. The van der Waals surface area contributed by atoms with Gasteiger partial charge in [-0.1, -0.05) is 38.1 Å². The van der Waals surface area contributed by atoms with Gasteiger partial charge in [-0.3, -0.25) is 4.99 Å². The van der Waals surface area contributed by atoms with Gasteiger partial charge >= 0.3 is 0 Å². The largest absolute Gasteiger partial charge is 0.464 e. The van der Waals surface area contributed by atoms with Crippen LogP contribution in [0.3, 0.4) is 0 Å². The third-order valence-electron chi connectivity index (χ3n) is 3.69. The molecule has 132 valence electrons. The maximum atomic E-state index is 5.97. The van der Waals surface area contributed by atoms with E-state index in [0.29, 0.717) is 11.9 Å². The first kappa shape index (κ1) is 18.5. The molecule has 0 amide bonds. The van der Waals surface area contributed by atoms with Crippen molar-refractivity contribution in [3.8, 4) is 5.75 Å². The third-order valence-corrected chi connectivity index (χ3v) is 3.69. The van der Waals surface area contributed by atoms with Gasteiger partial charge in [0.15, 0.2) is 0 Å². The number of hydrogen-bond donors (Lipinski definition) is 2. The van der Waals surface area contributed by atoms with Crippen LogP contribution < -0.4 is 16.2 Å². The lowest BCUT2D eigenvalue weighted by Gasteiger charge is -2.07. The average molecular weight is 338 g/mol. The van der Waals surface area contributed by atoms with Gasteiger partial charge in [-0.05, 0) is 37.0 Å². The van der Waals surface area contributed by atoms with E-state index in [1.54, 1.807) is 18.6 Å². The van der Waals surface area contributed by atoms with Crippen LogP contribution in [0.25, 0.3) is 10.8 Å². The molecule has 1 saturated carbocycles. The molecule has 0 bridgehead atoms. The summed E-state index contributed by atoms with van der Waals surface area (Å²) in [7, 11) is 0. The first-order chi connectivity index (χ1) is 12.2. The Bertz CT molecular complexity index is 776. The quantitative estimate of drug-likeness (QED) is 0.372. The highest BCUT2D eigenvalue weighted by Gasteiger charge is 2.20. The van der Waals surface area contributed by atoms with Crippen LogP contribution in [0.4, 0.5) is 5.69 Å². The van der Waals surface area contributed by atoms with E-state index in [9.17, 15) is 0 Å². The number of nitrogens with two attached hydrogens (primary N) is 2. The molecule has 0 aromatic heterocycles. The van der Waals surface area contributed by atoms with E-state index in [4.69, 9.17) is 16.2 Å². The second-order valence-electron chi connectivity index (χ2n) is 5.57. The van der Waals surface area contributed by atoms with Crippen molar-refractivity contribution in [2.75, 3.05) is 12.3 Å². The zero-order valence-electron chi connectivity index (χ0n) is 14.9. The van der Waals surface area contributed by atoms with E-state index >= 15 is 0 Å². The SMILES string of the molecule is CC.NC(=NCC1CC1)/N=C\C=C\Oc1ccc(N)c2ccccc12. The highest BCUT2D eigenvalue weighted by Crippen LogP contribution is 2.30. The summed E-state index contributed by atoms with van der Waals surface area (Å²) in [6.07, 6.45) is 7.33. The number of ether oxygens (including phenoxy) is 1. The Morgan fingerprint density at radius 2 is 1.88 bits per heavy atom. The number of benzene rings is 2. The molecule has 1 aliphatic rings. The minimum atomic E-state index is 0.305. The van der Waals surface area contributed by atoms with Gasteiger partial charge in [0.05, 0.1) is 6.26 Å². The van der Waals surface area contributed by atoms with Crippen molar-refractivity contribution in [2.24, 2.45) is 21.6 Å². The van der Waals surface area contributed by atoms with Gasteiger partial charge in [0.25, 0.3) is 0 Å². The maximum absolute atomic E-state index is 5.97. The van der Waals surface area contributed by atoms with Gasteiger partial charge in [-0.2, -0.15) is 0 Å². The molecule has 5 nitrogen and oxygen atoms in total. The summed E-state index contributed by atoms with van der Waals surface area (Å²) >= 11 is 0. The van der Waals surface area contributed by atoms with Crippen molar-refractivity contribution in [3.63, 3.8) is 0 Å². The Morgan fingerprint density at radius 3 is 2.60 bits per heavy atom. The summed E-state index contributed by atoms with van der Waals surface area (Å²) < 4.78 is 5.66. The Balaban J connectivity index is 0.00000109. The number of guanidine groups is 1. The van der Waals surface area contributed by atoms with Crippen LogP contribution in [0.15, 0.2) is 58.7 Å². The number of nitrogens with zero attached hydrogens (tertiary/aromatic N) is 2. The molecule has 3 rings (SSSR count). The fourth-order valence-electron chi connectivity index (χ4n) is 2.23.